The van der Waals surface area contributed by atoms with Crippen LogP contribution in [0.1, 0.15) is 35.2 Å². The SMILES string of the molecule is CC1=C(C(=O)OCCOCc2ccccc2)C(c2ccc(C#N)cc2)NC(=O)N1c1cccc(C(F)(F)F)c1. The molecule has 1 unspecified atom stereocenters. The number of esters is 1. The third-order valence-electron chi connectivity index (χ3n) is 6.08. The first-order valence-electron chi connectivity index (χ1n) is 12.0. The van der Waals surface area contributed by atoms with Gasteiger partial charge in [-0.05, 0) is 48.4 Å². The van der Waals surface area contributed by atoms with Gasteiger partial charge in [0.25, 0.3) is 0 Å². The number of allylic oxidation sites excluding steroid dienone is 1. The van der Waals surface area contributed by atoms with Crippen molar-refractivity contribution in [2.45, 2.75) is 25.7 Å². The van der Waals surface area contributed by atoms with Gasteiger partial charge < -0.3 is 14.8 Å². The number of carbonyl (C=O) groups excluding carboxylic acids is 2. The monoisotopic (exact) mass is 535 g/mol. The van der Waals surface area contributed by atoms with Gasteiger partial charge in [0.1, 0.15) is 6.61 Å². The van der Waals surface area contributed by atoms with Crippen molar-refractivity contribution in [2.75, 3.05) is 18.1 Å². The Morgan fingerprint density at radius 2 is 1.74 bits per heavy atom. The van der Waals surface area contributed by atoms with Crippen molar-refractivity contribution in [3.63, 3.8) is 0 Å². The topological polar surface area (TPSA) is 91.7 Å². The van der Waals surface area contributed by atoms with Crippen LogP contribution in [-0.2, 0) is 27.1 Å². The molecule has 1 aliphatic heterocycles. The molecule has 2 amide bonds. The number of nitrogens with zero attached hydrogens (tertiary/aromatic N) is 2. The molecule has 0 saturated heterocycles. The fourth-order valence-electron chi connectivity index (χ4n) is 4.18. The van der Waals surface area contributed by atoms with E-state index >= 15 is 0 Å². The van der Waals surface area contributed by atoms with Crippen molar-refractivity contribution in [1.29, 1.82) is 5.26 Å². The van der Waals surface area contributed by atoms with Crippen LogP contribution >= 0.6 is 0 Å². The van der Waals surface area contributed by atoms with Crippen LogP contribution in [0.2, 0.25) is 0 Å². The van der Waals surface area contributed by atoms with Crippen LogP contribution in [0.25, 0.3) is 0 Å². The summed E-state index contributed by atoms with van der Waals surface area (Å²) in [6.45, 7) is 1.82. The summed E-state index contributed by atoms with van der Waals surface area (Å²) in [4.78, 5) is 27.5. The first-order valence-corrected chi connectivity index (χ1v) is 12.0. The minimum Gasteiger partial charge on any atom is -0.460 e. The molecule has 4 rings (SSSR count). The number of hydrogen-bond donors (Lipinski definition) is 1. The molecule has 0 bridgehead atoms. The highest BCUT2D eigenvalue weighted by Crippen LogP contribution is 2.37. The molecule has 1 aliphatic rings. The predicted octanol–water partition coefficient (Wildman–Crippen LogP) is 5.88. The lowest BCUT2D eigenvalue weighted by molar-refractivity contribution is -0.141. The van der Waals surface area contributed by atoms with Crippen molar-refractivity contribution < 1.29 is 32.2 Å². The van der Waals surface area contributed by atoms with Crippen LogP contribution in [0.15, 0.2) is 90.1 Å². The number of carbonyl (C=O) groups is 2. The maximum Gasteiger partial charge on any atom is 0.416 e. The Hall–Kier alpha value is -4.62. The Labute approximate surface area is 223 Å². The maximum absolute atomic E-state index is 13.4. The molecular weight excluding hydrogens is 511 g/mol. The van der Waals surface area contributed by atoms with Gasteiger partial charge in [0.15, 0.2) is 0 Å². The smallest absolute Gasteiger partial charge is 0.416 e. The molecule has 39 heavy (non-hydrogen) atoms. The number of hydrogen-bond acceptors (Lipinski definition) is 5. The number of amides is 2. The van der Waals surface area contributed by atoms with Gasteiger partial charge in [0, 0.05) is 5.70 Å². The summed E-state index contributed by atoms with van der Waals surface area (Å²) in [6, 6.07) is 20.3. The molecule has 10 heteroatoms. The van der Waals surface area contributed by atoms with Gasteiger partial charge in [-0.25, -0.2) is 9.59 Å². The van der Waals surface area contributed by atoms with Gasteiger partial charge in [-0.1, -0.05) is 48.5 Å². The molecule has 3 aromatic rings. The molecular formula is C29H24F3N3O4. The zero-order valence-corrected chi connectivity index (χ0v) is 20.9. The van der Waals surface area contributed by atoms with E-state index in [0.29, 0.717) is 17.7 Å². The van der Waals surface area contributed by atoms with Gasteiger partial charge in [0.2, 0.25) is 0 Å². The Morgan fingerprint density at radius 3 is 2.41 bits per heavy atom. The molecule has 0 saturated carbocycles. The largest absolute Gasteiger partial charge is 0.460 e. The van der Waals surface area contributed by atoms with E-state index in [1.807, 2.05) is 36.4 Å². The third kappa shape index (κ3) is 6.45. The van der Waals surface area contributed by atoms with Crippen molar-refractivity contribution in [2.24, 2.45) is 0 Å². The van der Waals surface area contributed by atoms with Crippen molar-refractivity contribution in [1.82, 2.24) is 5.32 Å². The Bertz CT molecular complexity index is 1410. The molecule has 200 valence electrons. The zero-order valence-electron chi connectivity index (χ0n) is 20.9. The summed E-state index contributed by atoms with van der Waals surface area (Å²) in [5.41, 5.74) is 0.992. The fourth-order valence-corrected chi connectivity index (χ4v) is 4.18. The zero-order chi connectivity index (χ0) is 28.0. The number of nitrogens with one attached hydrogen (secondary N) is 1. The second-order valence-electron chi connectivity index (χ2n) is 8.67. The molecule has 1 N–H and O–H groups in total. The quantitative estimate of drug-likeness (QED) is 0.287. The van der Waals surface area contributed by atoms with Crippen LogP contribution in [0.3, 0.4) is 0 Å². The fraction of sp³-hybridized carbons (Fsp3) is 0.207. The number of anilines is 1. The van der Waals surface area contributed by atoms with Gasteiger partial charge in [-0.15, -0.1) is 0 Å². The first-order chi connectivity index (χ1) is 18.7. The summed E-state index contributed by atoms with van der Waals surface area (Å²) >= 11 is 0. The van der Waals surface area contributed by atoms with Gasteiger partial charge in [-0.2, -0.15) is 18.4 Å². The standard InChI is InChI=1S/C29H24F3N3O4/c1-19-25(27(36)39-15-14-38-18-21-6-3-2-4-7-21)26(22-12-10-20(17-33)11-13-22)34-28(37)35(19)24-9-5-8-23(16-24)29(30,31)32/h2-13,16,26H,14-15,18H2,1H3,(H,34,37). The predicted molar refractivity (Wildman–Crippen MR) is 136 cm³/mol. The summed E-state index contributed by atoms with van der Waals surface area (Å²) in [7, 11) is 0. The molecule has 1 atom stereocenters. The normalized spacial score (nSPS) is 15.5. The molecule has 1 heterocycles. The Morgan fingerprint density at radius 1 is 1.03 bits per heavy atom. The number of halogens is 3. The number of alkyl halides is 3. The second kappa shape index (κ2) is 11.8. The average molecular weight is 536 g/mol. The summed E-state index contributed by atoms with van der Waals surface area (Å²) in [5, 5.41) is 11.8. The second-order valence-corrected chi connectivity index (χ2v) is 8.67. The van der Waals surface area contributed by atoms with E-state index in [1.54, 1.807) is 12.1 Å². The molecule has 0 aromatic heterocycles. The first kappa shape index (κ1) is 27.4. The average Bonchev–Trinajstić information content (AvgIpc) is 2.93. The van der Waals surface area contributed by atoms with E-state index in [0.717, 1.165) is 22.6 Å². The number of rotatable bonds is 8. The summed E-state index contributed by atoms with van der Waals surface area (Å²) in [5.74, 6) is -0.762. The van der Waals surface area contributed by atoms with Gasteiger partial charge >= 0.3 is 18.2 Å². The molecule has 3 aromatic carbocycles. The van der Waals surface area contributed by atoms with Crippen molar-refractivity contribution in [3.8, 4) is 6.07 Å². The third-order valence-corrected chi connectivity index (χ3v) is 6.08. The Balaban J connectivity index is 1.61. The van der Waals surface area contributed by atoms with E-state index in [4.69, 9.17) is 14.7 Å². The van der Waals surface area contributed by atoms with Crippen LogP contribution in [0, 0.1) is 11.3 Å². The minimum atomic E-state index is -4.62. The summed E-state index contributed by atoms with van der Waals surface area (Å²) < 4.78 is 51.1. The lowest BCUT2D eigenvalue weighted by Gasteiger charge is -2.35. The Kier molecular flexibility index (Phi) is 8.32. The molecule has 0 spiro atoms. The molecule has 0 fully saturated rings. The van der Waals surface area contributed by atoms with Crippen LogP contribution in [-0.4, -0.2) is 25.2 Å². The van der Waals surface area contributed by atoms with Gasteiger partial charge in [0.05, 0.1) is 47.7 Å². The minimum absolute atomic E-state index is 0.0415. The van der Waals surface area contributed by atoms with Crippen LogP contribution in [0.4, 0.5) is 23.7 Å². The highest BCUT2D eigenvalue weighted by Gasteiger charge is 2.38. The van der Waals surface area contributed by atoms with E-state index < -0.39 is 29.8 Å². The van der Waals surface area contributed by atoms with Crippen LogP contribution < -0.4 is 10.2 Å². The van der Waals surface area contributed by atoms with Crippen LogP contribution in [0.5, 0.6) is 0 Å². The van der Waals surface area contributed by atoms with Gasteiger partial charge in [-0.3, -0.25) is 4.90 Å². The number of urea groups is 1. The van der Waals surface area contributed by atoms with Crippen molar-refractivity contribution in [3.05, 3.63) is 112 Å². The van der Waals surface area contributed by atoms with E-state index in [-0.39, 0.29) is 30.2 Å². The van der Waals surface area contributed by atoms with E-state index in [9.17, 15) is 22.8 Å². The molecule has 0 radical (unpaired) electrons. The summed E-state index contributed by atoms with van der Waals surface area (Å²) in [6.07, 6.45) is -4.62. The maximum atomic E-state index is 13.4. The lowest BCUT2D eigenvalue weighted by Crippen LogP contribution is -2.48. The highest BCUT2D eigenvalue weighted by atomic mass is 19.4. The van der Waals surface area contributed by atoms with E-state index in [2.05, 4.69) is 5.32 Å². The van der Waals surface area contributed by atoms with Crippen molar-refractivity contribution >= 4 is 17.7 Å². The number of ether oxygens (including phenoxy) is 2. The number of nitriles is 1. The molecule has 0 aliphatic carbocycles. The highest BCUT2D eigenvalue weighted by molar-refractivity contribution is 6.03. The molecule has 7 nitrogen and oxygen atoms in total. The van der Waals surface area contributed by atoms with E-state index in [1.165, 1.54) is 31.2 Å². The number of benzene rings is 3. The lowest BCUT2D eigenvalue weighted by atomic mass is 9.94.